The summed E-state index contributed by atoms with van der Waals surface area (Å²) in [5.41, 5.74) is 1.02. The maximum absolute atomic E-state index is 13.3. The maximum Gasteiger partial charge on any atom is 0.410 e. The molecule has 212 valence electrons. The van der Waals surface area contributed by atoms with Gasteiger partial charge >= 0.3 is 12.2 Å². The molecule has 0 bridgehead atoms. The first-order valence-corrected chi connectivity index (χ1v) is 12.9. The first-order chi connectivity index (χ1) is 19.1. The van der Waals surface area contributed by atoms with Crippen molar-refractivity contribution in [1.29, 1.82) is 0 Å². The highest BCUT2D eigenvalue weighted by Gasteiger charge is 2.42. The number of nitrogens with one attached hydrogen (secondary N) is 1. The Labute approximate surface area is 233 Å². The normalized spacial score (nSPS) is 20.2. The summed E-state index contributed by atoms with van der Waals surface area (Å²) in [6, 6.07) is 10.2. The Morgan fingerprint density at radius 2 is 1.45 bits per heavy atom. The number of likely N-dealkylation sites (tertiary alicyclic amines) is 2. The van der Waals surface area contributed by atoms with Gasteiger partial charge in [0, 0.05) is 49.1 Å². The average molecular weight is 574 g/mol. The molecule has 14 nitrogen and oxygen atoms in total. The van der Waals surface area contributed by atoms with E-state index in [1.165, 1.54) is 53.4 Å². The second-order valence-corrected chi connectivity index (χ2v) is 10.2. The monoisotopic (exact) mass is 573 g/mol. The summed E-state index contributed by atoms with van der Waals surface area (Å²) in [4.78, 5) is 61.8. The quantitative estimate of drug-likeness (QED) is 0.273. The molecule has 3 atom stereocenters. The summed E-state index contributed by atoms with van der Waals surface area (Å²) in [6.45, 7) is 0.671. The third kappa shape index (κ3) is 7.16. The van der Waals surface area contributed by atoms with Gasteiger partial charge in [-0.15, -0.1) is 0 Å². The number of carbonyl (C=O) groups excluding carboxylic acids is 3. The summed E-state index contributed by atoms with van der Waals surface area (Å²) < 4.78 is 10.6. The molecule has 2 fully saturated rings. The van der Waals surface area contributed by atoms with Gasteiger partial charge in [-0.25, -0.2) is 9.59 Å². The molecule has 0 radical (unpaired) electrons. The van der Waals surface area contributed by atoms with Crippen molar-refractivity contribution in [1.82, 2.24) is 15.1 Å². The number of carbonyl (C=O) groups is 3. The summed E-state index contributed by atoms with van der Waals surface area (Å²) >= 11 is 4.45. The zero-order chi connectivity index (χ0) is 28.8. The van der Waals surface area contributed by atoms with E-state index in [4.69, 9.17) is 9.47 Å². The number of nitro groups is 2. The molecule has 2 aromatic carbocycles. The third-order valence-electron chi connectivity index (χ3n) is 6.65. The number of rotatable bonds is 8. The standard InChI is InChI=1S/C25H27N5O9S/c31-23(22-11-21(40)13-28(22)25(33)39-15-17-3-7-20(8-4-17)30(36)37)27-10-9-18(12-27)26-24(32)38-14-16-1-5-19(6-2-16)29(34)35/h1-8,18,21-22,40H,9-15H2,(H,26,32)/t18?,21-,22+/m1/s1. The van der Waals surface area contributed by atoms with E-state index in [1.807, 2.05) is 0 Å². The molecule has 0 spiro atoms. The van der Waals surface area contributed by atoms with Crippen LogP contribution in [0.4, 0.5) is 21.0 Å². The number of hydrogen-bond acceptors (Lipinski definition) is 10. The van der Waals surface area contributed by atoms with Crippen LogP contribution in [0.25, 0.3) is 0 Å². The lowest BCUT2D eigenvalue weighted by Crippen LogP contribution is -2.48. The second-order valence-electron chi connectivity index (χ2n) is 9.45. The summed E-state index contributed by atoms with van der Waals surface area (Å²) in [5, 5.41) is 24.0. The first-order valence-electron chi connectivity index (χ1n) is 12.4. The zero-order valence-electron chi connectivity index (χ0n) is 21.2. The molecule has 2 saturated heterocycles. The van der Waals surface area contributed by atoms with E-state index in [9.17, 15) is 34.6 Å². The molecule has 15 heteroatoms. The number of alkyl carbamates (subject to hydrolysis) is 1. The highest BCUT2D eigenvalue weighted by atomic mass is 32.1. The third-order valence-corrected chi connectivity index (χ3v) is 7.02. The topological polar surface area (TPSA) is 174 Å². The van der Waals surface area contributed by atoms with Crippen molar-refractivity contribution in [2.24, 2.45) is 0 Å². The van der Waals surface area contributed by atoms with Crippen LogP contribution >= 0.6 is 12.6 Å². The molecule has 2 aromatic rings. The molecule has 1 N–H and O–H groups in total. The Bertz CT molecular complexity index is 1270. The fourth-order valence-electron chi connectivity index (χ4n) is 4.55. The lowest BCUT2D eigenvalue weighted by Gasteiger charge is -2.27. The number of non-ortho nitro benzene ring substituents is 2. The van der Waals surface area contributed by atoms with Crippen LogP contribution in [0.3, 0.4) is 0 Å². The van der Waals surface area contributed by atoms with Crippen LogP contribution in [0, 0.1) is 20.2 Å². The van der Waals surface area contributed by atoms with Gasteiger partial charge in [-0.3, -0.25) is 29.9 Å². The van der Waals surface area contributed by atoms with Gasteiger partial charge in [0.2, 0.25) is 5.91 Å². The van der Waals surface area contributed by atoms with Crippen LogP contribution < -0.4 is 5.32 Å². The molecule has 0 saturated carbocycles. The minimum Gasteiger partial charge on any atom is -0.445 e. The van der Waals surface area contributed by atoms with Gasteiger partial charge in [0.05, 0.1) is 15.9 Å². The number of nitrogens with zero attached hydrogens (tertiary/aromatic N) is 4. The number of thiol groups is 1. The molecule has 2 aliphatic rings. The van der Waals surface area contributed by atoms with E-state index in [0.717, 1.165) is 0 Å². The molecule has 2 heterocycles. The SMILES string of the molecule is O=C(NC1CCN(C(=O)[C@@H]2C[C@@H](S)CN2C(=O)OCc2ccc([N+](=O)[O-])cc2)C1)OCc1ccc([N+](=O)[O-])cc1. The van der Waals surface area contributed by atoms with Gasteiger partial charge in [-0.2, -0.15) is 12.6 Å². The van der Waals surface area contributed by atoms with Crippen molar-refractivity contribution in [3.8, 4) is 0 Å². The van der Waals surface area contributed by atoms with Crippen LogP contribution in [0.15, 0.2) is 48.5 Å². The lowest BCUT2D eigenvalue weighted by atomic mass is 10.2. The van der Waals surface area contributed by atoms with E-state index in [0.29, 0.717) is 30.5 Å². The number of benzene rings is 2. The number of ether oxygens (including phenoxy) is 2. The van der Waals surface area contributed by atoms with Crippen molar-refractivity contribution < 1.29 is 33.7 Å². The predicted octanol–water partition coefficient (Wildman–Crippen LogP) is 3.04. The highest BCUT2D eigenvalue weighted by molar-refractivity contribution is 7.81. The van der Waals surface area contributed by atoms with Gasteiger partial charge in [0.1, 0.15) is 19.3 Å². The Kier molecular flexibility index (Phi) is 9.04. The van der Waals surface area contributed by atoms with Gasteiger partial charge in [0.15, 0.2) is 0 Å². The van der Waals surface area contributed by atoms with Crippen LogP contribution in [-0.4, -0.2) is 74.7 Å². The summed E-state index contributed by atoms with van der Waals surface area (Å²) in [7, 11) is 0. The zero-order valence-corrected chi connectivity index (χ0v) is 22.1. The van der Waals surface area contributed by atoms with Crippen molar-refractivity contribution in [2.45, 2.75) is 43.4 Å². The van der Waals surface area contributed by atoms with Gasteiger partial charge in [0.25, 0.3) is 11.4 Å². The predicted molar refractivity (Wildman–Crippen MR) is 143 cm³/mol. The van der Waals surface area contributed by atoms with E-state index in [2.05, 4.69) is 17.9 Å². The van der Waals surface area contributed by atoms with Gasteiger partial charge in [-0.05, 0) is 48.2 Å². The van der Waals surface area contributed by atoms with Crippen LogP contribution in [0.5, 0.6) is 0 Å². The maximum atomic E-state index is 13.3. The Hall–Kier alpha value is -4.40. The Balaban J connectivity index is 1.25. The minimum atomic E-state index is -0.764. The van der Waals surface area contributed by atoms with Crippen molar-refractivity contribution in [2.75, 3.05) is 19.6 Å². The second kappa shape index (κ2) is 12.6. The highest BCUT2D eigenvalue weighted by Crippen LogP contribution is 2.26. The number of amides is 3. The average Bonchev–Trinajstić information content (AvgIpc) is 3.57. The number of hydrogen-bond donors (Lipinski definition) is 2. The van der Waals surface area contributed by atoms with E-state index < -0.39 is 28.1 Å². The molecule has 1 unspecified atom stereocenters. The molecule has 3 amide bonds. The summed E-state index contributed by atoms with van der Waals surface area (Å²) in [6.07, 6.45) is -0.511. The van der Waals surface area contributed by atoms with E-state index in [-0.39, 0.29) is 54.9 Å². The molecular formula is C25H27N5O9S. The van der Waals surface area contributed by atoms with Crippen LogP contribution in [-0.2, 0) is 27.5 Å². The Morgan fingerprint density at radius 1 is 0.900 bits per heavy atom. The van der Waals surface area contributed by atoms with Crippen molar-refractivity contribution in [3.63, 3.8) is 0 Å². The fourth-order valence-corrected chi connectivity index (χ4v) is 4.93. The molecule has 0 aliphatic carbocycles. The minimum absolute atomic E-state index is 0.0632. The number of nitro benzene ring substituents is 2. The van der Waals surface area contributed by atoms with Gasteiger partial charge in [-0.1, -0.05) is 0 Å². The smallest absolute Gasteiger partial charge is 0.410 e. The lowest BCUT2D eigenvalue weighted by molar-refractivity contribution is -0.385. The molecule has 0 aromatic heterocycles. The molecular weight excluding hydrogens is 546 g/mol. The first kappa shape index (κ1) is 28.6. The fraction of sp³-hybridized carbons (Fsp3) is 0.400. The largest absolute Gasteiger partial charge is 0.445 e. The molecule has 40 heavy (non-hydrogen) atoms. The molecule has 4 rings (SSSR count). The van der Waals surface area contributed by atoms with Crippen molar-refractivity contribution in [3.05, 3.63) is 79.9 Å². The van der Waals surface area contributed by atoms with E-state index >= 15 is 0 Å². The van der Waals surface area contributed by atoms with Crippen LogP contribution in [0.1, 0.15) is 24.0 Å². The van der Waals surface area contributed by atoms with E-state index in [1.54, 1.807) is 4.90 Å². The van der Waals surface area contributed by atoms with Gasteiger partial charge < -0.3 is 19.7 Å². The Morgan fingerprint density at radius 3 is 2.00 bits per heavy atom. The van der Waals surface area contributed by atoms with Crippen molar-refractivity contribution >= 4 is 42.1 Å². The summed E-state index contributed by atoms with van der Waals surface area (Å²) in [5.74, 6) is -0.271. The van der Waals surface area contributed by atoms with Crippen LogP contribution in [0.2, 0.25) is 0 Å². The molecule has 2 aliphatic heterocycles.